The molecule has 1 N–H and O–H groups in total. The molecule has 0 saturated heterocycles. The molecule has 1 saturated carbocycles. The molecule has 0 heterocycles. The highest BCUT2D eigenvalue weighted by molar-refractivity contribution is 4.73. The number of ether oxygens (including phenoxy) is 1. The Hall–Kier alpha value is -0.0800. The molecule has 2 atom stereocenters. The van der Waals surface area contributed by atoms with Gasteiger partial charge in [0.15, 0.2) is 0 Å². The van der Waals surface area contributed by atoms with Gasteiger partial charge >= 0.3 is 0 Å². The first-order valence-electron chi connectivity index (χ1n) is 3.55. The van der Waals surface area contributed by atoms with Crippen LogP contribution in [0.3, 0.4) is 0 Å². The zero-order valence-electron chi connectivity index (χ0n) is 5.84. The molecule has 0 aromatic carbocycles. The molecule has 2 nitrogen and oxygen atoms in total. The van der Waals surface area contributed by atoms with E-state index in [-0.39, 0.29) is 12.2 Å². The quantitative estimate of drug-likeness (QED) is 0.572. The van der Waals surface area contributed by atoms with Gasteiger partial charge in [-0.1, -0.05) is 12.8 Å². The van der Waals surface area contributed by atoms with E-state index in [0.717, 1.165) is 19.3 Å². The average Bonchev–Trinajstić information content (AvgIpc) is 1.89. The van der Waals surface area contributed by atoms with Gasteiger partial charge in [-0.3, -0.25) is 0 Å². The van der Waals surface area contributed by atoms with Crippen LogP contribution < -0.4 is 0 Å². The molecule has 0 spiro atoms. The third kappa shape index (κ3) is 1.66. The monoisotopic (exact) mass is 130 g/mol. The van der Waals surface area contributed by atoms with E-state index in [1.54, 1.807) is 7.11 Å². The van der Waals surface area contributed by atoms with E-state index in [0.29, 0.717) is 0 Å². The third-order valence-corrected chi connectivity index (χ3v) is 1.97. The van der Waals surface area contributed by atoms with Gasteiger partial charge in [0.25, 0.3) is 0 Å². The van der Waals surface area contributed by atoms with Crippen LogP contribution in [-0.4, -0.2) is 24.4 Å². The molecular formula is C7H14O2. The summed E-state index contributed by atoms with van der Waals surface area (Å²) < 4.78 is 5.05. The Bertz CT molecular complexity index is 83.0. The maximum atomic E-state index is 9.24. The lowest BCUT2D eigenvalue weighted by atomic mass is 9.95. The summed E-state index contributed by atoms with van der Waals surface area (Å²) in [6, 6.07) is 0. The molecule has 0 aromatic heterocycles. The average molecular weight is 130 g/mol. The zero-order chi connectivity index (χ0) is 6.69. The summed E-state index contributed by atoms with van der Waals surface area (Å²) in [5.41, 5.74) is 0. The minimum absolute atomic E-state index is 0.110. The Labute approximate surface area is 55.8 Å². The number of hydrogen-bond donors (Lipinski definition) is 1. The second-order valence-corrected chi connectivity index (χ2v) is 2.63. The summed E-state index contributed by atoms with van der Waals surface area (Å²) in [6.45, 7) is 0. The highest BCUT2D eigenvalue weighted by atomic mass is 16.5. The van der Waals surface area contributed by atoms with Crippen molar-refractivity contribution < 1.29 is 9.84 Å². The number of rotatable bonds is 1. The standard InChI is InChI=1S/C7H14O2/c1-9-7-5-3-2-4-6(7)8/h6-8H,2-5H2,1H3/t6-,7-/m0/s1. The predicted molar refractivity (Wildman–Crippen MR) is 35.3 cm³/mol. The lowest BCUT2D eigenvalue weighted by molar-refractivity contribution is -0.0359. The third-order valence-electron chi connectivity index (χ3n) is 1.97. The van der Waals surface area contributed by atoms with Crippen LogP contribution in [0.25, 0.3) is 0 Å². The van der Waals surface area contributed by atoms with E-state index in [4.69, 9.17) is 4.74 Å². The van der Waals surface area contributed by atoms with Crippen molar-refractivity contribution in [2.75, 3.05) is 7.11 Å². The predicted octanol–water partition coefficient (Wildman–Crippen LogP) is 0.936. The van der Waals surface area contributed by atoms with Crippen molar-refractivity contribution in [3.05, 3.63) is 0 Å². The van der Waals surface area contributed by atoms with E-state index in [1.165, 1.54) is 6.42 Å². The van der Waals surface area contributed by atoms with Crippen LogP contribution in [0, 0.1) is 0 Å². The Morgan fingerprint density at radius 1 is 1.33 bits per heavy atom. The van der Waals surface area contributed by atoms with Gasteiger partial charge in [-0.25, -0.2) is 0 Å². The molecular weight excluding hydrogens is 116 g/mol. The second kappa shape index (κ2) is 3.18. The Kier molecular flexibility index (Phi) is 2.49. The van der Waals surface area contributed by atoms with Gasteiger partial charge in [-0.2, -0.15) is 0 Å². The smallest absolute Gasteiger partial charge is 0.0830 e. The van der Waals surface area contributed by atoms with Crippen molar-refractivity contribution in [1.29, 1.82) is 0 Å². The van der Waals surface area contributed by atoms with Crippen molar-refractivity contribution >= 4 is 0 Å². The molecule has 1 fully saturated rings. The molecule has 0 aromatic rings. The minimum Gasteiger partial charge on any atom is -0.390 e. The summed E-state index contributed by atoms with van der Waals surface area (Å²) in [5, 5.41) is 9.24. The fraction of sp³-hybridized carbons (Fsp3) is 1.00. The van der Waals surface area contributed by atoms with E-state index in [1.807, 2.05) is 0 Å². The summed E-state index contributed by atoms with van der Waals surface area (Å²) in [6.07, 6.45) is 4.20. The van der Waals surface area contributed by atoms with E-state index in [2.05, 4.69) is 0 Å². The van der Waals surface area contributed by atoms with Crippen LogP contribution in [0.1, 0.15) is 25.7 Å². The van der Waals surface area contributed by atoms with Crippen LogP contribution in [0.2, 0.25) is 0 Å². The molecule has 0 radical (unpaired) electrons. The molecule has 9 heavy (non-hydrogen) atoms. The topological polar surface area (TPSA) is 29.5 Å². The number of hydrogen-bond acceptors (Lipinski definition) is 2. The summed E-state index contributed by atoms with van der Waals surface area (Å²) in [7, 11) is 1.67. The van der Waals surface area contributed by atoms with E-state index in [9.17, 15) is 5.11 Å². The van der Waals surface area contributed by atoms with Gasteiger partial charge in [-0.15, -0.1) is 0 Å². The van der Waals surface area contributed by atoms with Crippen LogP contribution >= 0.6 is 0 Å². The molecule has 0 unspecified atom stereocenters. The SMILES string of the molecule is CO[C@H]1CCCC[C@@H]1O. The van der Waals surface area contributed by atoms with E-state index < -0.39 is 0 Å². The molecule has 0 aliphatic heterocycles. The minimum atomic E-state index is -0.205. The molecule has 1 aliphatic carbocycles. The number of methoxy groups -OCH3 is 1. The van der Waals surface area contributed by atoms with Crippen molar-refractivity contribution in [2.24, 2.45) is 0 Å². The van der Waals surface area contributed by atoms with Gasteiger partial charge in [0.05, 0.1) is 12.2 Å². The first-order valence-corrected chi connectivity index (χ1v) is 3.55. The largest absolute Gasteiger partial charge is 0.390 e. The highest BCUT2D eigenvalue weighted by Crippen LogP contribution is 2.19. The van der Waals surface area contributed by atoms with Crippen LogP contribution in [0.5, 0.6) is 0 Å². The van der Waals surface area contributed by atoms with Gasteiger partial charge < -0.3 is 9.84 Å². The second-order valence-electron chi connectivity index (χ2n) is 2.63. The maximum Gasteiger partial charge on any atom is 0.0830 e. The van der Waals surface area contributed by atoms with Crippen LogP contribution in [0.4, 0.5) is 0 Å². The van der Waals surface area contributed by atoms with Gasteiger partial charge in [0.1, 0.15) is 0 Å². The molecule has 0 amide bonds. The van der Waals surface area contributed by atoms with Gasteiger partial charge in [-0.05, 0) is 12.8 Å². The summed E-state index contributed by atoms with van der Waals surface area (Å²) in [4.78, 5) is 0. The Balaban J connectivity index is 2.30. The maximum absolute atomic E-state index is 9.24. The highest BCUT2D eigenvalue weighted by Gasteiger charge is 2.21. The van der Waals surface area contributed by atoms with E-state index >= 15 is 0 Å². The van der Waals surface area contributed by atoms with Crippen LogP contribution in [0.15, 0.2) is 0 Å². The zero-order valence-corrected chi connectivity index (χ0v) is 5.84. The lowest BCUT2D eigenvalue weighted by Gasteiger charge is -2.25. The summed E-state index contributed by atoms with van der Waals surface area (Å²) >= 11 is 0. The fourth-order valence-electron chi connectivity index (χ4n) is 1.35. The van der Waals surface area contributed by atoms with Crippen molar-refractivity contribution in [2.45, 2.75) is 37.9 Å². The molecule has 1 aliphatic rings. The number of aliphatic hydroxyl groups excluding tert-OH is 1. The number of aliphatic hydroxyl groups is 1. The molecule has 54 valence electrons. The van der Waals surface area contributed by atoms with Crippen molar-refractivity contribution in [1.82, 2.24) is 0 Å². The fourth-order valence-corrected chi connectivity index (χ4v) is 1.35. The van der Waals surface area contributed by atoms with Crippen molar-refractivity contribution in [3.63, 3.8) is 0 Å². The van der Waals surface area contributed by atoms with Crippen molar-refractivity contribution in [3.8, 4) is 0 Å². The molecule has 2 heteroatoms. The lowest BCUT2D eigenvalue weighted by Crippen LogP contribution is -2.30. The van der Waals surface area contributed by atoms with Crippen LogP contribution in [-0.2, 0) is 4.74 Å². The van der Waals surface area contributed by atoms with Gasteiger partial charge in [0, 0.05) is 7.11 Å². The molecule has 1 rings (SSSR count). The normalized spacial score (nSPS) is 36.7. The summed E-state index contributed by atoms with van der Waals surface area (Å²) in [5.74, 6) is 0. The Morgan fingerprint density at radius 2 is 2.00 bits per heavy atom. The van der Waals surface area contributed by atoms with Gasteiger partial charge in [0.2, 0.25) is 0 Å². The first-order chi connectivity index (χ1) is 4.34. The Morgan fingerprint density at radius 3 is 2.44 bits per heavy atom. The first kappa shape index (κ1) is 7.03. The molecule has 0 bridgehead atoms.